The summed E-state index contributed by atoms with van der Waals surface area (Å²) in [5.41, 5.74) is -0.937. The fourth-order valence-corrected chi connectivity index (χ4v) is 1.73. The number of piperidine rings is 1. The first-order valence-electron chi connectivity index (χ1n) is 4.63. The molecule has 0 aromatic carbocycles. The van der Waals surface area contributed by atoms with Crippen LogP contribution >= 0.6 is 0 Å². The zero-order chi connectivity index (χ0) is 9.73. The molecule has 0 aliphatic carbocycles. The maximum atomic E-state index is 9.78. The Morgan fingerprint density at radius 2 is 2.31 bits per heavy atom. The maximum absolute atomic E-state index is 9.78. The standard InChI is InChI=1S/C9H16N2O2/c10-4-2-6-11-5-1-3-9(13,7-11)8-12/h12-13H,1-3,5-8H2. The minimum absolute atomic E-state index is 0.184. The molecule has 1 rings (SSSR count). The van der Waals surface area contributed by atoms with Crippen molar-refractivity contribution in [1.82, 2.24) is 4.90 Å². The molecule has 4 nitrogen and oxygen atoms in total. The Morgan fingerprint density at radius 3 is 2.92 bits per heavy atom. The first-order chi connectivity index (χ1) is 6.20. The highest BCUT2D eigenvalue weighted by molar-refractivity contribution is 4.87. The Balaban J connectivity index is 2.38. The molecule has 1 atom stereocenters. The summed E-state index contributed by atoms with van der Waals surface area (Å²) in [5, 5.41) is 27.1. The van der Waals surface area contributed by atoms with Crippen molar-refractivity contribution in [2.24, 2.45) is 0 Å². The van der Waals surface area contributed by atoms with E-state index in [9.17, 15) is 5.11 Å². The van der Waals surface area contributed by atoms with Crippen molar-refractivity contribution in [2.45, 2.75) is 24.9 Å². The van der Waals surface area contributed by atoms with E-state index in [0.717, 1.165) is 13.0 Å². The number of nitriles is 1. The van der Waals surface area contributed by atoms with Crippen LogP contribution in [-0.4, -0.2) is 47.0 Å². The van der Waals surface area contributed by atoms with Gasteiger partial charge in [0.25, 0.3) is 0 Å². The molecule has 74 valence electrons. The molecule has 1 aliphatic rings. The highest BCUT2D eigenvalue weighted by atomic mass is 16.3. The van der Waals surface area contributed by atoms with Crippen molar-refractivity contribution in [3.63, 3.8) is 0 Å². The molecule has 0 aromatic heterocycles. The van der Waals surface area contributed by atoms with E-state index in [0.29, 0.717) is 25.9 Å². The lowest BCUT2D eigenvalue weighted by Gasteiger charge is -2.37. The van der Waals surface area contributed by atoms with Gasteiger partial charge < -0.3 is 10.2 Å². The van der Waals surface area contributed by atoms with Gasteiger partial charge >= 0.3 is 0 Å². The van der Waals surface area contributed by atoms with Crippen LogP contribution in [0.1, 0.15) is 19.3 Å². The zero-order valence-electron chi connectivity index (χ0n) is 7.74. The SMILES string of the molecule is N#CCCN1CCCC(O)(CO)C1. The van der Waals surface area contributed by atoms with Crippen LogP contribution in [0.4, 0.5) is 0 Å². The van der Waals surface area contributed by atoms with Crippen LogP contribution in [-0.2, 0) is 0 Å². The fourth-order valence-electron chi connectivity index (χ4n) is 1.73. The first kappa shape index (κ1) is 10.5. The van der Waals surface area contributed by atoms with Gasteiger partial charge in [0.2, 0.25) is 0 Å². The van der Waals surface area contributed by atoms with E-state index in [-0.39, 0.29) is 6.61 Å². The molecule has 2 N–H and O–H groups in total. The molecule has 1 unspecified atom stereocenters. The summed E-state index contributed by atoms with van der Waals surface area (Å²) in [6.07, 6.45) is 2.04. The van der Waals surface area contributed by atoms with E-state index in [1.807, 2.05) is 4.90 Å². The summed E-state index contributed by atoms with van der Waals surface area (Å²) in [6.45, 7) is 1.92. The number of aliphatic hydroxyl groups excluding tert-OH is 1. The van der Waals surface area contributed by atoms with Gasteiger partial charge in [0.15, 0.2) is 0 Å². The second-order valence-electron chi connectivity index (χ2n) is 3.67. The summed E-state index contributed by atoms with van der Waals surface area (Å²) in [4.78, 5) is 2.03. The Morgan fingerprint density at radius 1 is 1.54 bits per heavy atom. The zero-order valence-corrected chi connectivity index (χ0v) is 7.74. The van der Waals surface area contributed by atoms with Gasteiger partial charge in [0.1, 0.15) is 5.60 Å². The smallest absolute Gasteiger partial charge is 0.100 e. The third-order valence-electron chi connectivity index (χ3n) is 2.47. The Kier molecular flexibility index (Phi) is 3.67. The molecule has 1 fully saturated rings. The van der Waals surface area contributed by atoms with Crippen LogP contribution in [0.2, 0.25) is 0 Å². The van der Waals surface area contributed by atoms with Crippen LogP contribution in [0.25, 0.3) is 0 Å². The molecular formula is C9H16N2O2. The molecule has 1 aliphatic heterocycles. The number of likely N-dealkylation sites (tertiary alicyclic amines) is 1. The Bertz CT molecular complexity index is 202. The van der Waals surface area contributed by atoms with Crippen LogP contribution in [0.5, 0.6) is 0 Å². The van der Waals surface area contributed by atoms with Gasteiger partial charge in [-0.1, -0.05) is 0 Å². The summed E-state index contributed by atoms with van der Waals surface area (Å²) in [7, 11) is 0. The second-order valence-corrected chi connectivity index (χ2v) is 3.67. The minimum atomic E-state index is -0.937. The summed E-state index contributed by atoms with van der Waals surface area (Å²) < 4.78 is 0. The van der Waals surface area contributed by atoms with Crippen LogP contribution in [0.3, 0.4) is 0 Å². The molecule has 1 heterocycles. The van der Waals surface area contributed by atoms with Crippen LogP contribution < -0.4 is 0 Å². The average Bonchev–Trinajstić information content (AvgIpc) is 2.15. The predicted molar refractivity (Wildman–Crippen MR) is 47.9 cm³/mol. The van der Waals surface area contributed by atoms with Crippen molar-refractivity contribution >= 4 is 0 Å². The molecule has 0 saturated carbocycles. The van der Waals surface area contributed by atoms with E-state index in [1.54, 1.807) is 0 Å². The number of aliphatic hydroxyl groups is 2. The van der Waals surface area contributed by atoms with Crippen molar-refractivity contribution in [3.05, 3.63) is 0 Å². The van der Waals surface area contributed by atoms with Gasteiger partial charge in [-0.05, 0) is 19.4 Å². The van der Waals surface area contributed by atoms with E-state index in [1.165, 1.54) is 0 Å². The molecule has 0 radical (unpaired) electrons. The lowest BCUT2D eigenvalue weighted by Crippen LogP contribution is -2.50. The molecule has 4 heteroatoms. The maximum Gasteiger partial charge on any atom is 0.100 e. The monoisotopic (exact) mass is 184 g/mol. The number of hydrogen-bond acceptors (Lipinski definition) is 4. The van der Waals surface area contributed by atoms with Gasteiger partial charge in [0.05, 0.1) is 12.7 Å². The molecular weight excluding hydrogens is 168 g/mol. The second kappa shape index (κ2) is 4.56. The van der Waals surface area contributed by atoms with Crippen molar-refractivity contribution < 1.29 is 10.2 Å². The van der Waals surface area contributed by atoms with Crippen LogP contribution in [0.15, 0.2) is 0 Å². The minimum Gasteiger partial charge on any atom is -0.393 e. The number of hydrogen-bond donors (Lipinski definition) is 2. The largest absolute Gasteiger partial charge is 0.393 e. The molecule has 0 aromatic rings. The van der Waals surface area contributed by atoms with E-state index in [4.69, 9.17) is 10.4 Å². The Labute approximate surface area is 78.4 Å². The van der Waals surface area contributed by atoms with Crippen molar-refractivity contribution in [3.8, 4) is 6.07 Å². The molecule has 0 amide bonds. The summed E-state index contributed by atoms with van der Waals surface area (Å²) >= 11 is 0. The highest BCUT2D eigenvalue weighted by Gasteiger charge is 2.31. The van der Waals surface area contributed by atoms with Crippen molar-refractivity contribution in [1.29, 1.82) is 5.26 Å². The summed E-state index contributed by atoms with van der Waals surface area (Å²) in [6, 6.07) is 2.07. The van der Waals surface area contributed by atoms with E-state index >= 15 is 0 Å². The molecule has 0 spiro atoms. The van der Waals surface area contributed by atoms with Gasteiger partial charge in [0, 0.05) is 19.5 Å². The molecule has 0 bridgehead atoms. The topological polar surface area (TPSA) is 67.5 Å². The number of β-amino-alcohol motifs (C(OH)–C–C–N with tert-alkyl or cyclic N) is 1. The lowest BCUT2D eigenvalue weighted by atomic mass is 9.94. The summed E-state index contributed by atoms with van der Waals surface area (Å²) in [5.74, 6) is 0. The highest BCUT2D eigenvalue weighted by Crippen LogP contribution is 2.20. The van der Waals surface area contributed by atoms with E-state index in [2.05, 4.69) is 6.07 Å². The number of rotatable bonds is 3. The van der Waals surface area contributed by atoms with Gasteiger partial charge in [-0.3, -0.25) is 4.90 Å². The van der Waals surface area contributed by atoms with Crippen LogP contribution in [0, 0.1) is 11.3 Å². The third kappa shape index (κ3) is 2.96. The average molecular weight is 184 g/mol. The van der Waals surface area contributed by atoms with Gasteiger partial charge in [-0.15, -0.1) is 0 Å². The van der Waals surface area contributed by atoms with E-state index < -0.39 is 5.60 Å². The third-order valence-corrected chi connectivity index (χ3v) is 2.47. The van der Waals surface area contributed by atoms with Gasteiger partial charge in [-0.2, -0.15) is 5.26 Å². The van der Waals surface area contributed by atoms with Crippen molar-refractivity contribution in [2.75, 3.05) is 26.2 Å². The normalized spacial score (nSPS) is 29.9. The number of nitrogens with zero attached hydrogens (tertiary/aromatic N) is 2. The first-order valence-corrected chi connectivity index (χ1v) is 4.63. The Hall–Kier alpha value is -0.630. The fraction of sp³-hybridized carbons (Fsp3) is 0.889. The molecule has 1 saturated heterocycles. The predicted octanol–water partition coefficient (Wildman–Crippen LogP) is -0.281. The lowest BCUT2D eigenvalue weighted by molar-refractivity contribution is -0.0663. The van der Waals surface area contributed by atoms with Gasteiger partial charge in [-0.25, -0.2) is 0 Å². The quantitative estimate of drug-likeness (QED) is 0.633. The molecule has 13 heavy (non-hydrogen) atoms.